The van der Waals surface area contributed by atoms with E-state index in [4.69, 9.17) is 21.7 Å². The van der Waals surface area contributed by atoms with Crippen LogP contribution >= 0.6 is 12.2 Å². The Kier molecular flexibility index (Phi) is 7.43. The lowest BCUT2D eigenvalue weighted by molar-refractivity contribution is -0.129. The topological polar surface area (TPSA) is 83.5 Å². The number of fused-ring (bicyclic) bond motifs is 1. The molecule has 2 amide bonds. The number of ether oxygens (including phenoxy) is 2. The van der Waals surface area contributed by atoms with Crippen LogP contribution in [0.25, 0.3) is 0 Å². The second kappa shape index (κ2) is 11.1. The van der Waals surface area contributed by atoms with E-state index in [0.717, 1.165) is 35.7 Å². The van der Waals surface area contributed by atoms with Crippen LogP contribution in [0.3, 0.4) is 0 Å². The fraction of sp³-hybridized carbons (Fsp3) is 0.286. The van der Waals surface area contributed by atoms with Gasteiger partial charge in [0.15, 0.2) is 0 Å². The van der Waals surface area contributed by atoms with Crippen LogP contribution in [0, 0.1) is 5.92 Å². The third kappa shape index (κ3) is 5.63. The summed E-state index contributed by atoms with van der Waals surface area (Å²) in [6.45, 7) is 3.63. The number of thiocarbonyl (C=S) groups is 1. The Bertz CT molecular complexity index is 1300. The second-order valence-corrected chi connectivity index (χ2v) is 9.34. The minimum atomic E-state index is -0.462. The Balaban J connectivity index is 1.23. The van der Waals surface area contributed by atoms with Gasteiger partial charge >= 0.3 is 0 Å². The minimum absolute atomic E-state index is 0.0924. The van der Waals surface area contributed by atoms with Crippen LogP contribution < -0.4 is 10.1 Å². The van der Waals surface area contributed by atoms with Gasteiger partial charge in [-0.1, -0.05) is 24.3 Å². The molecule has 2 heterocycles. The van der Waals surface area contributed by atoms with Crippen molar-refractivity contribution in [2.75, 3.05) is 33.4 Å². The summed E-state index contributed by atoms with van der Waals surface area (Å²) in [7, 11) is 1.61. The van der Waals surface area contributed by atoms with Crippen molar-refractivity contribution < 1.29 is 19.1 Å². The summed E-state index contributed by atoms with van der Waals surface area (Å²) in [5.74, 6) is 0.0131. The Morgan fingerprint density at radius 3 is 2.68 bits per heavy atom. The summed E-state index contributed by atoms with van der Waals surface area (Å²) in [6, 6.07) is 14.7. The number of rotatable bonds is 7. The molecule has 2 aliphatic heterocycles. The fourth-order valence-corrected chi connectivity index (χ4v) is 4.77. The van der Waals surface area contributed by atoms with Gasteiger partial charge < -0.3 is 19.7 Å². The molecule has 0 bridgehead atoms. The van der Waals surface area contributed by atoms with Crippen LogP contribution in [0.2, 0.25) is 0 Å². The highest BCUT2D eigenvalue weighted by Gasteiger charge is 2.35. The van der Waals surface area contributed by atoms with E-state index in [-0.39, 0.29) is 16.9 Å². The zero-order valence-electron chi connectivity index (χ0n) is 20.6. The number of morpholine rings is 1. The normalized spacial score (nSPS) is 19.2. The van der Waals surface area contributed by atoms with Crippen molar-refractivity contribution in [1.29, 1.82) is 0 Å². The first-order valence-corrected chi connectivity index (χ1v) is 12.6. The van der Waals surface area contributed by atoms with Gasteiger partial charge in [-0.05, 0) is 65.8 Å². The first-order valence-electron chi connectivity index (χ1n) is 12.2. The molecule has 1 fully saturated rings. The van der Waals surface area contributed by atoms with E-state index in [1.54, 1.807) is 19.2 Å². The zero-order valence-corrected chi connectivity index (χ0v) is 21.4. The van der Waals surface area contributed by atoms with E-state index in [1.165, 1.54) is 4.90 Å². The maximum absolute atomic E-state index is 13.4. The SMILES string of the molecule is COc1cccc(CNC(=O)c2ccc(CN3C(=O)C4C=C(N5CCOCC5)C=CC4=NC3=S)cc2)c1. The summed E-state index contributed by atoms with van der Waals surface area (Å²) < 4.78 is 10.7. The summed E-state index contributed by atoms with van der Waals surface area (Å²) in [5, 5.41) is 3.18. The largest absolute Gasteiger partial charge is 0.497 e. The monoisotopic (exact) mass is 516 g/mol. The smallest absolute Gasteiger partial charge is 0.251 e. The van der Waals surface area contributed by atoms with Gasteiger partial charge in [0.2, 0.25) is 11.0 Å². The molecule has 8 nitrogen and oxygen atoms in total. The number of methoxy groups -OCH3 is 1. The van der Waals surface area contributed by atoms with E-state index >= 15 is 0 Å². The van der Waals surface area contributed by atoms with Gasteiger partial charge in [0.1, 0.15) is 11.7 Å². The van der Waals surface area contributed by atoms with E-state index < -0.39 is 5.92 Å². The third-order valence-corrected chi connectivity index (χ3v) is 6.90. The highest BCUT2D eigenvalue weighted by molar-refractivity contribution is 7.80. The predicted molar refractivity (Wildman–Crippen MR) is 144 cm³/mol. The molecule has 37 heavy (non-hydrogen) atoms. The molecule has 0 saturated carbocycles. The molecule has 1 N–H and O–H groups in total. The number of nitrogens with zero attached hydrogens (tertiary/aromatic N) is 3. The van der Waals surface area contributed by atoms with Crippen molar-refractivity contribution in [2.45, 2.75) is 13.1 Å². The highest BCUT2D eigenvalue weighted by atomic mass is 32.1. The molecule has 0 aromatic heterocycles. The second-order valence-electron chi connectivity index (χ2n) is 8.98. The van der Waals surface area contributed by atoms with Gasteiger partial charge in [0.05, 0.1) is 32.6 Å². The number of amides is 2. The molecule has 3 aliphatic rings. The molecular formula is C28H28N4O4S. The van der Waals surface area contributed by atoms with Crippen molar-refractivity contribution >= 4 is 34.9 Å². The quantitative estimate of drug-likeness (QED) is 0.570. The van der Waals surface area contributed by atoms with E-state index in [1.807, 2.05) is 54.6 Å². The van der Waals surface area contributed by atoms with E-state index in [9.17, 15) is 9.59 Å². The first-order chi connectivity index (χ1) is 18.0. The van der Waals surface area contributed by atoms with Crippen LogP contribution in [0.1, 0.15) is 21.5 Å². The molecular weight excluding hydrogens is 488 g/mol. The number of carbonyl (C=O) groups is 2. The van der Waals surface area contributed by atoms with Crippen molar-refractivity contribution in [3.8, 4) is 5.75 Å². The third-order valence-electron chi connectivity index (χ3n) is 6.59. The number of allylic oxidation sites excluding steroid dienone is 2. The summed E-state index contributed by atoms with van der Waals surface area (Å²) in [6.07, 6.45) is 5.84. The van der Waals surface area contributed by atoms with Crippen molar-refractivity contribution in [2.24, 2.45) is 10.9 Å². The molecule has 0 spiro atoms. The highest BCUT2D eigenvalue weighted by Crippen LogP contribution is 2.26. The number of hydrogen-bond acceptors (Lipinski definition) is 6. The molecule has 2 aromatic rings. The van der Waals surface area contributed by atoms with Crippen molar-refractivity contribution in [3.63, 3.8) is 0 Å². The van der Waals surface area contributed by atoms with Crippen LogP contribution in [0.4, 0.5) is 0 Å². The lowest BCUT2D eigenvalue weighted by atomic mass is 9.93. The lowest BCUT2D eigenvalue weighted by Crippen LogP contribution is -2.46. The fourth-order valence-electron chi connectivity index (χ4n) is 4.51. The number of carbonyl (C=O) groups excluding carboxylic acids is 2. The molecule has 2 aromatic carbocycles. The van der Waals surface area contributed by atoms with Gasteiger partial charge in [0, 0.05) is 30.9 Å². The standard InChI is InChI=1S/C28H28N4O4S/c1-35-23-4-2-3-20(15-23)17-29-26(33)21-7-5-19(6-8-21)18-32-27(34)24-16-22(31-11-13-36-14-12-31)9-10-25(24)30-28(32)37/h2-10,15-16,24H,11-14,17-18H2,1H3,(H,29,33). The number of hydrogen-bond donors (Lipinski definition) is 1. The number of nitrogens with one attached hydrogen (secondary N) is 1. The van der Waals surface area contributed by atoms with Gasteiger partial charge in [-0.2, -0.15) is 0 Å². The predicted octanol–water partition coefficient (Wildman–Crippen LogP) is 3.10. The Morgan fingerprint density at radius 2 is 1.92 bits per heavy atom. The molecule has 1 saturated heterocycles. The average molecular weight is 517 g/mol. The van der Waals surface area contributed by atoms with Crippen LogP contribution in [0.15, 0.2) is 77.4 Å². The Hall–Kier alpha value is -3.82. The van der Waals surface area contributed by atoms with Crippen molar-refractivity contribution in [3.05, 3.63) is 89.1 Å². The van der Waals surface area contributed by atoms with Gasteiger partial charge in [-0.3, -0.25) is 14.5 Å². The van der Waals surface area contributed by atoms with Gasteiger partial charge in [-0.25, -0.2) is 4.99 Å². The average Bonchev–Trinajstić information content (AvgIpc) is 2.94. The molecule has 5 rings (SSSR count). The first kappa shape index (κ1) is 24.9. The summed E-state index contributed by atoms with van der Waals surface area (Å²) >= 11 is 5.46. The van der Waals surface area contributed by atoms with Gasteiger partial charge in [0.25, 0.3) is 5.91 Å². The van der Waals surface area contributed by atoms with E-state index in [0.29, 0.717) is 37.6 Å². The maximum Gasteiger partial charge on any atom is 0.251 e. The number of aliphatic imine (C=N–C) groups is 1. The molecule has 190 valence electrons. The molecule has 0 radical (unpaired) electrons. The summed E-state index contributed by atoms with van der Waals surface area (Å²) in [4.78, 5) is 34.3. The maximum atomic E-state index is 13.4. The molecule has 9 heteroatoms. The Morgan fingerprint density at radius 1 is 1.14 bits per heavy atom. The lowest BCUT2D eigenvalue weighted by Gasteiger charge is -2.35. The Labute approximate surface area is 221 Å². The van der Waals surface area contributed by atoms with Crippen LogP contribution in [0.5, 0.6) is 5.75 Å². The van der Waals surface area contributed by atoms with E-state index in [2.05, 4.69) is 15.2 Å². The summed E-state index contributed by atoms with van der Waals surface area (Å²) in [5.41, 5.74) is 4.03. The van der Waals surface area contributed by atoms with Crippen LogP contribution in [-0.4, -0.2) is 65.9 Å². The van der Waals surface area contributed by atoms with Crippen molar-refractivity contribution in [1.82, 2.24) is 15.1 Å². The molecule has 1 aliphatic carbocycles. The van der Waals surface area contributed by atoms with Crippen LogP contribution in [-0.2, 0) is 22.6 Å². The zero-order chi connectivity index (χ0) is 25.8. The molecule has 1 atom stereocenters. The van der Waals surface area contributed by atoms with Gasteiger partial charge in [-0.15, -0.1) is 0 Å². The minimum Gasteiger partial charge on any atom is -0.497 e. The number of benzene rings is 2. The molecule has 1 unspecified atom stereocenters.